The van der Waals surface area contributed by atoms with E-state index in [1.807, 2.05) is 52.0 Å². The lowest BCUT2D eigenvalue weighted by molar-refractivity contribution is 0.230. The molecular weight excluding hydrogens is 292 g/mol. The lowest BCUT2D eigenvalue weighted by Gasteiger charge is -2.13. The van der Waals surface area contributed by atoms with Crippen molar-refractivity contribution in [1.29, 1.82) is 0 Å². The van der Waals surface area contributed by atoms with Crippen molar-refractivity contribution >= 4 is 12.2 Å². The van der Waals surface area contributed by atoms with Gasteiger partial charge in [-0.2, -0.15) is 5.10 Å². The number of methoxy groups -OCH3 is 1. The summed E-state index contributed by atoms with van der Waals surface area (Å²) in [4.78, 5) is 8.53. The van der Waals surface area contributed by atoms with Gasteiger partial charge in [0, 0.05) is 11.4 Å². The van der Waals surface area contributed by atoms with Crippen LogP contribution in [-0.2, 0) is 0 Å². The summed E-state index contributed by atoms with van der Waals surface area (Å²) in [6.07, 6.45) is 1.77. The highest BCUT2D eigenvalue weighted by Gasteiger charge is 2.06. The number of aromatic nitrogens is 2. The minimum Gasteiger partial charge on any atom is -0.493 e. The maximum Gasteiger partial charge on any atom is 0.243 e. The van der Waals surface area contributed by atoms with Gasteiger partial charge in [-0.05, 0) is 57.5 Å². The van der Waals surface area contributed by atoms with Gasteiger partial charge in [0.25, 0.3) is 0 Å². The number of benzene rings is 1. The topological polar surface area (TPSA) is 68.6 Å². The molecule has 0 aliphatic heterocycles. The number of nitrogens with zero attached hydrogens (tertiary/aromatic N) is 3. The molecule has 1 aromatic carbocycles. The number of rotatable bonds is 6. The van der Waals surface area contributed by atoms with E-state index in [0.29, 0.717) is 17.4 Å². The van der Waals surface area contributed by atoms with Gasteiger partial charge in [-0.1, -0.05) is 0 Å². The smallest absolute Gasteiger partial charge is 0.243 e. The van der Waals surface area contributed by atoms with Gasteiger partial charge in [-0.3, -0.25) is 0 Å². The molecule has 0 fully saturated rings. The molecule has 0 bridgehead atoms. The molecule has 0 saturated heterocycles. The third-order valence-electron chi connectivity index (χ3n) is 2.91. The van der Waals surface area contributed by atoms with Crippen LogP contribution >= 0.6 is 0 Å². The number of hydrogen-bond donors (Lipinski definition) is 1. The van der Waals surface area contributed by atoms with Crippen LogP contribution in [0.4, 0.5) is 5.95 Å². The molecule has 122 valence electrons. The summed E-state index contributed by atoms with van der Waals surface area (Å²) in [5.74, 6) is 1.86. The zero-order valence-electron chi connectivity index (χ0n) is 14.1. The van der Waals surface area contributed by atoms with E-state index in [2.05, 4.69) is 20.5 Å². The summed E-state index contributed by atoms with van der Waals surface area (Å²) < 4.78 is 11.0. The fraction of sp³-hybridized carbons (Fsp3) is 0.353. The second-order valence-electron chi connectivity index (χ2n) is 5.42. The molecule has 0 aliphatic rings. The molecule has 0 saturated carbocycles. The monoisotopic (exact) mass is 314 g/mol. The van der Waals surface area contributed by atoms with Gasteiger partial charge in [0.15, 0.2) is 11.5 Å². The Morgan fingerprint density at radius 1 is 1.09 bits per heavy atom. The highest BCUT2D eigenvalue weighted by Crippen LogP contribution is 2.28. The Hall–Kier alpha value is -2.63. The molecule has 0 spiro atoms. The first-order valence-corrected chi connectivity index (χ1v) is 7.44. The van der Waals surface area contributed by atoms with Crippen molar-refractivity contribution in [3.05, 3.63) is 41.2 Å². The van der Waals surface area contributed by atoms with Crippen LogP contribution in [0.2, 0.25) is 0 Å². The average molecular weight is 314 g/mol. The SMILES string of the molecule is COc1cc(/C=N/Nc2nc(C)cc(C)n2)ccc1OC(C)C. The quantitative estimate of drug-likeness (QED) is 0.654. The minimum absolute atomic E-state index is 0.0896. The summed E-state index contributed by atoms with van der Waals surface area (Å²) in [5, 5.41) is 4.16. The van der Waals surface area contributed by atoms with Gasteiger partial charge in [0.05, 0.1) is 19.4 Å². The Balaban J connectivity index is 2.10. The van der Waals surface area contributed by atoms with Crippen molar-refractivity contribution in [3.8, 4) is 11.5 Å². The highest BCUT2D eigenvalue weighted by molar-refractivity contribution is 5.81. The first kappa shape index (κ1) is 16.7. The van der Waals surface area contributed by atoms with E-state index in [-0.39, 0.29) is 6.10 Å². The minimum atomic E-state index is 0.0896. The molecule has 0 unspecified atom stereocenters. The molecule has 6 heteroatoms. The largest absolute Gasteiger partial charge is 0.493 e. The summed E-state index contributed by atoms with van der Waals surface area (Å²) in [6, 6.07) is 7.56. The van der Waals surface area contributed by atoms with E-state index >= 15 is 0 Å². The van der Waals surface area contributed by atoms with Crippen LogP contribution < -0.4 is 14.9 Å². The van der Waals surface area contributed by atoms with Crippen LogP contribution in [0.3, 0.4) is 0 Å². The number of nitrogens with one attached hydrogen (secondary N) is 1. The van der Waals surface area contributed by atoms with Crippen LogP contribution in [0.25, 0.3) is 0 Å². The van der Waals surface area contributed by atoms with Crippen molar-refractivity contribution in [2.75, 3.05) is 12.5 Å². The first-order valence-electron chi connectivity index (χ1n) is 7.44. The molecule has 2 rings (SSSR count). The number of anilines is 1. The summed E-state index contributed by atoms with van der Waals surface area (Å²) in [6.45, 7) is 7.79. The van der Waals surface area contributed by atoms with Crippen molar-refractivity contribution in [3.63, 3.8) is 0 Å². The van der Waals surface area contributed by atoms with Gasteiger partial charge in [0.1, 0.15) is 0 Å². The van der Waals surface area contributed by atoms with Crippen LogP contribution in [-0.4, -0.2) is 29.4 Å². The number of ether oxygens (including phenoxy) is 2. The molecule has 6 nitrogen and oxygen atoms in total. The Morgan fingerprint density at radius 3 is 2.39 bits per heavy atom. The third-order valence-corrected chi connectivity index (χ3v) is 2.91. The second kappa shape index (κ2) is 7.58. The zero-order chi connectivity index (χ0) is 16.8. The standard InChI is InChI=1S/C17H22N4O2/c1-11(2)23-15-7-6-14(9-16(15)22-5)10-18-21-17-19-12(3)8-13(4)20-17/h6-11H,1-5H3,(H,19,20,21)/b18-10+. The fourth-order valence-corrected chi connectivity index (χ4v) is 2.06. The van der Waals surface area contributed by atoms with Gasteiger partial charge in [-0.15, -0.1) is 0 Å². The Morgan fingerprint density at radius 2 is 1.78 bits per heavy atom. The normalized spacial score (nSPS) is 11.0. The van der Waals surface area contributed by atoms with Gasteiger partial charge in [-0.25, -0.2) is 15.4 Å². The van der Waals surface area contributed by atoms with E-state index in [9.17, 15) is 0 Å². The van der Waals surface area contributed by atoms with Crippen LogP contribution in [0.5, 0.6) is 11.5 Å². The Kier molecular flexibility index (Phi) is 5.51. The number of aryl methyl sites for hydroxylation is 2. The van der Waals surface area contributed by atoms with Crippen molar-refractivity contribution in [2.45, 2.75) is 33.8 Å². The average Bonchev–Trinajstić information content (AvgIpc) is 2.47. The maximum absolute atomic E-state index is 5.69. The van der Waals surface area contributed by atoms with E-state index < -0.39 is 0 Å². The van der Waals surface area contributed by atoms with Crippen molar-refractivity contribution in [2.24, 2.45) is 5.10 Å². The Bertz CT molecular complexity index is 679. The van der Waals surface area contributed by atoms with E-state index in [0.717, 1.165) is 17.0 Å². The van der Waals surface area contributed by atoms with E-state index in [4.69, 9.17) is 9.47 Å². The molecule has 0 amide bonds. The summed E-state index contributed by atoms with van der Waals surface area (Å²) >= 11 is 0. The molecule has 0 atom stereocenters. The summed E-state index contributed by atoms with van der Waals surface area (Å²) in [5.41, 5.74) is 5.51. The van der Waals surface area contributed by atoms with Gasteiger partial charge < -0.3 is 9.47 Å². The predicted octanol–water partition coefficient (Wildman–Crippen LogP) is 3.34. The van der Waals surface area contributed by atoms with Gasteiger partial charge >= 0.3 is 0 Å². The molecule has 2 aromatic rings. The van der Waals surface area contributed by atoms with E-state index in [1.165, 1.54) is 0 Å². The number of hydrazone groups is 1. The molecule has 23 heavy (non-hydrogen) atoms. The van der Waals surface area contributed by atoms with Crippen molar-refractivity contribution < 1.29 is 9.47 Å². The predicted molar refractivity (Wildman–Crippen MR) is 91.5 cm³/mol. The second-order valence-corrected chi connectivity index (χ2v) is 5.42. The number of hydrogen-bond acceptors (Lipinski definition) is 6. The highest BCUT2D eigenvalue weighted by atomic mass is 16.5. The molecule has 1 N–H and O–H groups in total. The van der Waals surface area contributed by atoms with Crippen LogP contribution in [0, 0.1) is 13.8 Å². The lowest BCUT2D eigenvalue weighted by atomic mass is 10.2. The first-order chi connectivity index (χ1) is 11.0. The maximum atomic E-state index is 5.69. The third kappa shape index (κ3) is 4.95. The summed E-state index contributed by atoms with van der Waals surface area (Å²) in [7, 11) is 1.62. The molecular formula is C17H22N4O2. The molecule has 1 heterocycles. The fourth-order valence-electron chi connectivity index (χ4n) is 2.06. The van der Waals surface area contributed by atoms with E-state index in [1.54, 1.807) is 13.3 Å². The van der Waals surface area contributed by atoms with Crippen LogP contribution in [0.15, 0.2) is 29.4 Å². The molecule has 0 radical (unpaired) electrons. The molecule has 1 aromatic heterocycles. The molecule has 0 aliphatic carbocycles. The van der Waals surface area contributed by atoms with Crippen molar-refractivity contribution in [1.82, 2.24) is 9.97 Å². The van der Waals surface area contributed by atoms with Gasteiger partial charge in [0.2, 0.25) is 5.95 Å². The lowest BCUT2D eigenvalue weighted by Crippen LogP contribution is -2.06. The zero-order valence-corrected chi connectivity index (χ0v) is 14.1. The van der Waals surface area contributed by atoms with Crippen LogP contribution in [0.1, 0.15) is 30.8 Å². The Labute approximate surface area is 136 Å².